The van der Waals surface area contributed by atoms with E-state index in [0.29, 0.717) is 31.3 Å². The molecule has 0 saturated carbocycles. The summed E-state index contributed by atoms with van der Waals surface area (Å²) in [5.74, 6) is 1.90. The van der Waals surface area contributed by atoms with Gasteiger partial charge in [-0.05, 0) is 43.7 Å². The molecule has 1 aliphatic rings. The minimum absolute atomic E-state index is 0.0452. The van der Waals surface area contributed by atoms with Crippen molar-refractivity contribution in [3.63, 3.8) is 0 Å². The summed E-state index contributed by atoms with van der Waals surface area (Å²) in [5, 5.41) is 7.04. The molecule has 0 radical (unpaired) electrons. The van der Waals surface area contributed by atoms with Crippen LogP contribution in [-0.4, -0.2) is 34.0 Å². The lowest BCUT2D eigenvalue weighted by Crippen LogP contribution is -2.42. The molecule has 0 aliphatic carbocycles. The minimum Gasteiger partial charge on any atom is -0.467 e. The number of likely N-dealkylation sites (tertiary alicyclic amines) is 1. The van der Waals surface area contributed by atoms with E-state index in [-0.39, 0.29) is 11.8 Å². The van der Waals surface area contributed by atoms with Crippen LogP contribution in [0.4, 0.5) is 0 Å². The highest BCUT2D eigenvalue weighted by atomic mass is 79.9. The van der Waals surface area contributed by atoms with Crippen LogP contribution in [0.2, 0.25) is 0 Å². The number of hydrogen-bond acceptors (Lipinski definition) is 6. The van der Waals surface area contributed by atoms with Gasteiger partial charge in [0.25, 0.3) is 0 Å². The molecule has 1 N–H and O–H groups in total. The molecule has 0 bridgehead atoms. The zero-order chi connectivity index (χ0) is 19.3. The Morgan fingerprint density at radius 1 is 1.32 bits per heavy atom. The second kappa shape index (κ2) is 8.70. The van der Waals surface area contributed by atoms with Crippen LogP contribution in [0, 0.1) is 5.92 Å². The number of furan rings is 1. The summed E-state index contributed by atoms with van der Waals surface area (Å²) in [5.41, 5.74) is 0.901. The van der Waals surface area contributed by atoms with Crippen LogP contribution in [0.25, 0.3) is 11.4 Å². The number of nitrogens with zero attached hydrogens (tertiary/aromatic N) is 3. The summed E-state index contributed by atoms with van der Waals surface area (Å²) < 4.78 is 11.7. The van der Waals surface area contributed by atoms with Crippen LogP contribution in [0.15, 0.2) is 56.1 Å². The van der Waals surface area contributed by atoms with E-state index in [4.69, 9.17) is 8.94 Å². The lowest BCUT2D eigenvalue weighted by molar-refractivity contribution is -0.127. The highest BCUT2D eigenvalue weighted by Crippen LogP contribution is 2.22. The van der Waals surface area contributed by atoms with Gasteiger partial charge in [0.2, 0.25) is 17.6 Å². The van der Waals surface area contributed by atoms with Crippen molar-refractivity contribution in [3.8, 4) is 11.4 Å². The van der Waals surface area contributed by atoms with Crippen molar-refractivity contribution >= 4 is 21.8 Å². The molecule has 1 atom stereocenters. The zero-order valence-corrected chi connectivity index (χ0v) is 16.9. The van der Waals surface area contributed by atoms with Crippen molar-refractivity contribution in [2.75, 3.05) is 13.1 Å². The van der Waals surface area contributed by atoms with Crippen molar-refractivity contribution in [2.24, 2.45) is 5.92 Å². The Labute approximate surface area is 171 Å². The summed E-state index contributed by atoms with van der Waals surface area (Å²) in [4.78, 5) is 19.2. The molecule has 4 rings (SSSR count). The molecule has 1 aromatic carbocycles. The monoisotopic (exact) mass is 444 g/mol. The molecular weight excluding hydrogens is 424 g/mol. The average Bonchev–Trinajstić information content (AvgIpc) is 3.38. The number of piperidine rings is 1. The van der Waals surface area contributed by atoms with Crippen molar-refractivity contribution in [3.05, 3.63) is 58.8 Å². The number of halogens is 1. The van der Waals surface area contributed by atoms with Gasteiger partial charge in [0.05, 0.1) is 25.3 Å². The first-order valence-corrected chi connectivity index (χ1v) is 10.1. The molecule has 2 aromatic heterocycles. The van der Waals surface area contributed by atoms with E-state index in [2.05, 4.69) is 36.3 Å². The van der Waals surface area contributed by atoms with E-state index < -0.39 is 0 Å². The van der Waals surface area contributed by atoms with E-state index >= 15 is 0 Å². The lowest BCUT2D eigenvalue weighted by atomic mass is 9.97. The van der Waals surface area contributed by atoms with Crippen molar-refractivity contribution in [2.45, 2.75) is 25.9 Å². The quantitative estimate of drug-likeness (QED) is 0.624. The second-order valence-electron chi connectivity index (χ2n) is 6.89. The highest BCUT2D eigenvalue weighted by molar-refractivity contribution is 9.10. The molecule has 3 heterocycles. The molecule has 8 heteroatoms. The topological polar surface area (TPSA) is 84.4 Å². The molecule has 146 valence electrons. The average molecular weight is 445 g/mol. The molecule has 7 nitrogen and oxygen atoms in total. The third kappa shape index (κ3) is 4.69. The standard InChI is InChI=1S/C20H21BrN4O3/c21-16-6-1-4-14(10-16)19-23-18(28-24-19)13-25-8-2-5-15(12-25)20(26)22-11-17-7-3-9-27-17/h1,3-4,6-7,9-10,15H,2,5,8,11-13H2,(H,22,26). The van der Waals surface area contributed by atoms with Gasteiger partial charge in [-0.15, -0.1) is 0 Å². The van der Waals surface area contributed by atoms with Crippen molar-refractivity contribution in [1.82, 2.24) is 20.4 Å². The fraction of sp³-hybridized carbons (Fsp3) is 0.350. The van der Waals surface area contributed by atoms with Crippen LogP contribution >= 0.6 is 15.9 Å². The summed E-state index contributed by atoms with van der Waals surface area (Å²) in [6.45, 7) is 2.56. The molecule has 1 saturated heterocycles. The number of aromatic nitrogens is 2. The van der Waals surface area contributed by atoms with Gasteiger partial charge in [-0.1, -0.05) is 33.2 Å². The Bertz CT molecular complexity index is 925. The van der Waals surface area contributed by atoms with E-state index in [9.17, 15) is 4.79 Å². The summed E-state index contributed by atoms with van der Waals surface area (Å²) in [6, 6.07) is 11.5. The first-order valence-electron chi connectivity index (χ1n) is 9.28. The Morgan fingerprint density at radius 2 is 2.25 bits per heavy atom. The SMILES string of the molecule is O=C(NCc1ccco1)C1CCCN(Cc2nc(-c3cccc(Br)c3)no2)C1. The van der Waals surface area contributed by atoms with Crippen LogP contribution in [-0.2, 0) is 17.9 Å². The van der Waals surface area contributed by atoms with Crippen LogP contribution in [0.3, 0.4) is 0 Å². The normalized spacial score (nSPS) is 17.5. The van der Waals surface area contributed by atoms with Gasteiger partial charge in [-0.25, -0.2) is 0 Å². The largest absolute Gasteiger partial charge is 0.467 e. The van der Waals surface area contributed by atoms with Gasteiger partial charge in [-0.2, -0.15) is 4.98 Å². The van der Waals surface area contributed by atoms with Gasteiger partial charge in [0.15, 0.2) is 0 Å². The predicted molar refractivity (Wildman–Crippen MR) is 106 cm³/mol. The van der Waals surface area contributed by atoms with Gasteiger partial charge in [0.1, 0.15) is 5.76 Å². The fourth-order valence-electron chi connectivity index (χ4n) is 3.40. The second-order valence-corrected chi connectivity index (χ2v) is 7.81. The maximum Gasteiger partial charge on any atom is 0.241 e. The zero-order valence-electron chi connectivity index (χ0n) is 15.3. The Hall–Kier alpha value is -2.45. The number of nitrogens with one attached hydrogen (secondary N) is 1. The number of carbonyl (C=O) groups is 1. The van der Waals surface area contributed by atoms with E-state index in [0.717, 1.165) is 35.2 Å². The van der Waals surface area contributed by atoms with Crippen molar-refractivity contribution < 1.29 is 13.7 Å². The Kier molecular flexibility index (Phi) is 5.87. The molecular formula is C20H21BrN4O3. The van der Waals surface area contributed by atoms with Crippen LogP contribution in [0.1, 0.15) is 24.5 Å². The number of carbonyl (C=O) groups excluding carboxylic acids is 1. The van der Waals surface area contributed by atoms with E-state index in [1.54, 1.807) is 6.26 Å². The minimum atomic E-state index is -0.0452. The number of benzene rings is 1. The third-order valence-corrected chi connectivity index (χ3v) is 5.30. The molecule has 1 fully saturated rings. The summed E-state index contributed by atoms with van der Waals surface area (Å²) >= 11 is 3.45. The fourth-order valence-corrected chi connectivity index (χ4v) is 3.80. The summed E-state index contributed by atoms with van der Waals surface area (Å²) in [7, 11) is 0. The number of amides is 1. The highest BCUT2D eigenvalue weighted by Gasteiger charge is 2.27. The third-order valence-electron chi connectivity index (χ3n) is 4.80. The van der Waals surface area contributed by atoms with E-state index in [1.165, 1.54) is 0 Å². The predicted octanol–water partition coefficient (Wildman–Crippen LogP) is 3.62. The summed E-state index contributed by atoms with van der Waals surface area (Å²) in [6.07, 6.45) is 3.45. The maximum atomic E-state index is 12.5. The Morgan fingerprint density at radius 3 is 3.07 bits per heavy atom. The maximum absolute atomic E-state index is 12.5. The van der Waals surface area contributed by atoms with Gasteiger partial charge >= 0.3 is 0 Å². The molecule has 0 spiro atoms. The molecule has 1 amide bonds. The molecule has 1 aliphatic heterocycles. The van der Waals surface area contributed by atoms with Crippen LogP contribution in [0.5, 0.6) is 0 Å². The van der Waals surface area contributed by atoms with Gasteiger partial charge < -0.3 is 14.3 Å². The van der Waals surface area contributed by atoms with Crippen LogP contribution < -0.4 is 5.32 Å². The Balaban J connectivity index is 1.33. The molecule has 28 heavy (non-hydrogen) atoms. The van der Waals surface area contributed by atoms with Gasteiger partial charge in [-0.3, -0.25) is 9.69 Å². The van der Waals surface area contributed by atoms with Crippen molar-refractivity contribution in [1.29, 1.82) is 0 Å². The number of hydrogen-bond donors (Lipinski definition) is 1. The molecule has 1 unspecified atom stereocenters. The first-order chi connectivity index (χ1) is 13.7. The van der Waals surface area contributed by atoms with Gasteiger partial charge in [0, 0.05) is 16.6 Å². The smallest absolute Gasteiger partial charge is 0.241 e. The lowest BCUT2D eigenvalue weighted by Gasteiger charge is -2.30. The van der Waals surface area contributed by atoms with E-state index in [1.807, 2.05) is 36.4 Å². The first kappa shape index (κ1) is 18.9. The molecule has 3 aromatic rings. The number of rotatable bonds is 6.